The maximum Gasteiger partial charge on any atom is 0.320 e. The lowest BCUT2D eigenvalue weighted by Crippen LogP contribution is -2.32. The monoisotopic (exact) mass is 559 g/mol. The Labute approximate surface area is 133 Å². The second kappa shape index (κ2) is 6.00. The summed E-state index contributed by atoms with van der Waals surface area (Å²) < 4.78 is 2.29. The molecular weight excluding hydrogens is 551 g/mol. The number of rotatable bonds is 3. The minimum absolute atomic E-state index is 0.234. The first-order chi connectivity index (χ1) is 7.34. The number of carboxylic acid groups (broad SMARTS) is 1. The molecule has 0 aliphatic carbocycles. The standard InChI is InChI=1S/C9H8I3NO3/c10-4-1-3(2-5(13)9(15)16)6(11)7(12)8(4)14/h1,5,14H,2,13H2,(H,15,16)/t5-/m0/s1. The van der Waals surface area contributed by atoms with E-state index in [0.717, 1.165) is 12.7 Å². The van der Waals surface area contributed by atoms with Crippen LogP contribution in [0.15, 0.2) is 6.07 Å². The Morgan fingerprint density at radius 1 is 1.38 bits per heavy atom. The number of nitrogens with two attached hydrogens (primary N) is 1. The molecule has 0 heterocycles. The highest BCUT2D eigenvalue weighted by Crippen LogP contribution is 2.32. The molecule has 0 bridgehead atoms. The zero-order valence-corrected chi connectivity index (χ0v) is 14.3. The minimum Gasteiger partial charge on any atom is -0.506 e. The Kier molecular flexibility index (Phi) is 5.51. The van der Waals surface area contributed by atoms with Gasteiger partial charge < -0.3 is 15.9 Å². The summed E-state index contributed by atoms with van der Waals surface area (Å²) in [6, 6.07) is 0.854. The van der Waals surface area contributed by atoms with Gasteiger partial charge in [-0.25, -0.2) is 0 Å². The number of benzene rings is 1. The van der Waals surface area contributed by atoms with Crippen molar-refractivity contribution < 1.29 is 15.0 Å². The van der Waals surface area contributed by atoms with Gasteiger partial charge in [0, 0.05) is 3.57 Å². The summed E-state index contributed by atoms with van der Waals surface area (Å²) in [5.41, 5.74) is 6.33. The molecule has 0 amide bonds. The molecule has 0 saturated carbocycles. The Morgan fingerprint density at radius 3 is 2.44 bits per heavy atom. The average Bonchev–Trinajstić information content (AvgIpc) is 2.22. The number of phenols is 1. The molecule has 1 aromatic rings. The van der Waals surface area contributed by atoms with E-state index >= 15 is 0 Å². The average molecular weight is 559 g/mol. The number of hydrogen-bond acceptors (Lipinski definition) is 3. The molecule has 1 rings (SSSR count). The van der Waals surface area contributed by atoms with Gasteiger partial charge in [-0.2, -0.15) is 0 Å². The van der Waals surface area contributed by atoms with Crippen LogP contribution in [0.2, 0.25) is 0 Å². The predicted molar refractivity (Wildman–Crippen MR) is 85.6 cm³/mol. The number of hydrogen-bond donors (Lipinski definition) is 3. The summed E-state index contributed by atoms with van der Waals surface area (Å²) in [5, 5.41) is 18.4. The van der Waals surface area contributed by atoms with Crippen molar-refractivity contribution in [3.63, 3.8) is 0 Å². The van der Waals surface area contributed by atoms with Crippen LogP contribution in [-0.4, -0.2) is 22.2 Å². The summed E-state index contributed by atoms with van der Waals surface area (Å²) in [5.74, 6) is -0.785. The number of phenolic OH excluding ortho intramolecular Hbond substituents is 1. The Morgan fingerprint density at radius 2 is 1.94 bits per heavy atom. The van der Waals surface area contributed by atoms with Gasteiger partial charge in [-0.3, -0.25) is 4.79 Å². The molecule has 4 nitrogen and oxygen atoms in total. The highest BCUT2D eigenvalue weighted by atomic mass is 127. The Bertz CT molecular complexity index is 436. The van der Waals surface area contributed by atoms with Gasteiger partial charge >= 0.3 is 5.97 Å². The molecule has 1 atom stereocenters. The second-order valence-corrected chi connectivity index (χ2v) is 6.46. The molecule has 0 aliphatic rings. The number of aliphatic carboxylic acids is 1. The first-order valence-electron chi connectivity index (χ1n) is 4.18. The fourth-order valence-electron chi connectivity index (χ4n) is 1.11. The highest BCUT2D eigenvalue weighted by Gasteiger charge is 2.18. The van der Waals surface area contributed by atoms with Crippen LogP contribution in [0, 0.1) is 10.7 Å². The molecular formula is C9H8I3NO3. The van der Waals surface area contributed by atoms with Crippen LogP contribution in [0.3, 0.4) is 0 Å². The third kappa shape index (κ3) is 3.32. The Hall–Kier alpha value is 0.640. The van der Waals surface area contributed by atoms with Crippen LogP contribution in [0.5, 0.6) is 5.75 Å². The quantitative estimate of drug-likeness (QED) is 0.392. The van der Waals surface area contributed by atoms with Crippen LogP contribution >= 0.6 is 67.8 Å². The van der Waals surface area contributed by atoms with E-state index in [0.29, 0.717) is 3.57 Å². The lowest BCUT2D eigenvalue weighted by Gasteiger charge is -2.12. The molecule has 1 aromatic carbocycles. The van der Waals surface area contributed by atoms with E-state index in [1.807, 2.05) is 45.2 Å². The molecule has 0 unspecified atom stereocenters. The van der Waals surface area contributed by atoms with E-state index in [-0.39, 0.29) is 12.2 Å². The SMILES string of the molecule is N[C@@H](Cc1cc(I)c(O)c(I)c1I)C(=O)O. The van der Waals surface area contributed by atoms with Crippen molar-refractivity contribution in [3.8, 4) is 5.75 Å². The van der Waals surface area contributed by atoms with Crippen LogP contribution < -0.4 is 5.73 Å². The molecule has 4 N–H and O–H groups in total. The number of aromatic hydroxyl groups is 1. The topological polar surface area (TPSA) is 83.5 Å². The van der Waals surface area contributed by atoms with E-state index in [1.165, 1.54) is 0 Å². The van der Waals surface area contributed by atoms with Gasteiger partial charge in [-0.05, 0) is 85.8 Å². The Balaban J connectivity index is 3.11. The van der Waals surface area contributed by atoms with Crippen LogP contribution in [-0.2, 0) is 11.2 Å². The first-order valence-corrected chi connectivity index (χ1v) is 7.42. The van der Waals surface area contributed by atoms with Gasteiger partial charge in [0.25, 0.3) is 0 Å². The number of carbonyl (C=O) groups is 1. The van der Waals surface area contributed by atoms with E-state index in [2.05, 4.69) is 22.6 Å². The molecule has 0 radical (unpaired) electrons. The van der Waals surface area contributed by atoms with Crippen LogP contribution in [0.25, 0.3) is 0 Å². The van der Waals surface area contributed by atoms with E-state index < -0.39 is 12.0 Å². The summed E-state index contributed by atoms with van der Waals surface area (Å²) in [6.07, 6.45) is 0.264. The summed E-state index contributed by atoms with van der Waals surface area (Å²) in [4.78, 5) is 10.7. The maximum atomic E-state index is 10.7. The van der Waals surface area contributed by atoms with E-state index in [4.69, 9.17) is 10.8 Å². The van der Waals surface area contributed by atoms with E-state index in [1.54, 1.807) is 6.07 Å². The van der Waals surface area contributed by atoms with E-state index in [9.17, 15) is 9.90 Å². The van der Waals surface area contributed by atoms with Crippen molar-refractivity contribution in [2.75, 3.05) is 0 Å². The summed E-state index contributed by atoms with van der Waals surface area (Å²) in [7, 11) is 0. The van der Waals surface area contributed by atoms with Crippen molar-refractivity contribution in [3.05, 3.63) is 22.3 Å². The van der Waals surface area contributed by atoms with Gasteiger partial charge in [-0.15, -0.1) is 0 Å². The number of halogens is 3. The van der Waals surface area contributed by atoms with Crippen LogP contribution in [0.1, 0.15) is 5.56 Å². The van der Waals surface area contributed by atoms with Gasteiger partial charge in [-0.1, -0.05) is 0 Å². The predicted octanol–water partition coefficient (Wildman–Crippen LogP) is 2.16. The molecule has 0 aliphatic heterocycles. The fourth-order valence-corrected chi connectivity index (χ4v) is 3.54. The lowest BCUT2D eigenvalue weighted by molar-refractivity contribution is -0.138. The molecule has 88 valence electrons. The molecule has 0 spiro atoms. The van der Waals surface area contributed by atoms with Gasteiger partial charge in [0.15, 0.2) is 0 Å². The normalized spacial score (nSPS) is 12.5. The largest absolute Gasteiger partial charge is 0.506 e. The first kappa shape index (κ1) is 14.7. The molecule has 16 heavy (non-hydrogen) atoms. The summed E-state index contributed by atoms with van der Waals surface area (Å²) in [6.45, 7) is 0. The molecule has 0 fully saturated rings. The van der Waals surface area contributed by atoms with Gasteiger partial charge in [0.1, 0.15) is 11.8 Å². The third-order valence-electron chi connectivity index (χ3n) is 1.97. The third-order valence-corrected chi connectivity index (χ3v) is 6.10. The smallest absolute Gasteiger partial charge is 0.320 e. The van der Waals surface area contributed by atoms with Crippen molar-refractivity contribution >= 4 is 73.7 Å². The molecule has 7 heteroatoms. The second-order valence-electron chi connectivity index (χ2n) is 3.14. The fraction of sp³-hybridized carbons (Fsp3) is 0.222. The van der Waals surface area contributed by atoms with Crippen molar-refractivity contribution in [2.24, 2.45) is 5.73 Å². The summed E-state index contributed by atoms with van der Waals surface area (Å²) >= 11 is 6.13. The van der Waals surface area contributed by atoms with Gasteiger partial charge in [0.05, 0.1) is 7.14 Å². The van der Waals surface area contributed by atoms with Crippen molar-refractivity contribution in [1.29, 1.82) is 0 Å². The van der Waals surface area contributed by atoms with Crippen molar-refractivity contribution in [1.82, 2.24) is 0 Å². The van der Waals surface area contributed by atoms with Crippen LogP contribution in [0.4, 0.5) is 0 Å². The van der Waals surface area contributed by atoms with Gasteiger partial charge in [0.2, 0.25) is 0 Å². The zero-order valence-electron chi connectivity index (χ0n) is 7.88. The minimum atomic E-state index is -1.02. The molecule has 0 saturated heterocycles. The lowest BCUT2D eigenvalue weighted by atomic mass is 10.1. The molecule has 0 aromatic heterocycles. The van der Waals surface area contributed by atoms with Crippen molar-refractivity contribution in [2.45, 2.75) is 12.5 Å². The number of carboxylic acids is 1. The maximum absolute atomic E-state index is 10.7. The highest BCUT2D eigenvalue weighted by molar-refractivity contribution is 14.1. The zero-order chi connectivity index (χ0) is 12.5.